The van der Waals surface area contributed by atoms with Gasteiger partial charge in [-0.2, -0.15) is 0 Å². The molecule has 8 N–H and O–H groups in total. The van der Waals surface area contributed by atoms with Crippen LogP contribution >= 0.6 is 7.82 Å². The lowest BCUT2D eigenvalue weighted by Crippen LogP contribution is -2.46. The van der Waals surface area contributed by atoms with Gasteiger partial charge in [-0.25, -0.2) is 19.3 Å². The summed E-state index contributed by atoms with van der Waals surface area (Å²) >= 11 is 0. The molecule has 0 saturated heterocycles. The van der Waals surface area contributed by atoms with Crippen LogP contribution in [-0.2, 0) is 18.6 Å². The lowest BCUT2D eigenvalue weighted by Gasteiger charge is -2.31. The highest BCUT2D eigenvalue weighted by atomic mass is 31.2. The SMILES string of the molecule is CCCCNC(=O)Nc1ncnc(N(C)C(N)O[C@@H](CCOC(O)/C=C/c2ccccc2)COP(=O)(O)O)c1NC. The molecule has 2 unspecified atom stereocenters. The molecule has 2 aromatic rings. The monoisotopic (exact) mass is 597 g/mol. The maximum absolute atomic E-state index is 12.2. The van der Waals surface area contributed by atoms with Crippen LogP contribution in [0.3, 0.4) is 0 Å². The van der Waals surface area contributed by atoms with Crippen LogP contribution < -0.4 is 26.6 Å². The molecule has 0 bridgehead atoms. The van der Waals surface area contributed by atoms with Crippen molar-refractivity contribution < 1.29 is 38.3 Å². The Morgan fingerprint density at radius 2 is 1.98 bits per heavy atom. The molecule has 0 radical (unpaired) electrons. The van der Waals surface area contributed by atoms with Crippen molar-refractivity contribution in [2.24, 2.45) is 5.73 Å². The van der Waals surface area contributed by atoms with Crippen LogP contribution in [0.1, 0.15) is 31.7 Å². The number of anilines is 3. The van der Waals surface area contributed by atoms with Crippen LogP contribution in [0.15, 0.2) is 42.7 Å². The molecule has 0 aliphatic heterocycles. The van der Waals surface area contributed by atoms with Crippen LogP contribution in [0.25, 0.3) is 6.08 Å². The molecule has 0 aliphatic rings. The molecule has 15 nitrogen and oxygen atoms in total. The standard InChI is InChI=1S/C25H40N7O8P/c1-4-5-14-28-25(34)31-22-21(27-2)23(30-17-29-22)32(3)24(26)40-19(16-39-41(35,36)37)13-15-38-20(33)12-11-18-9-7-6-8-10-18/h6-12,17,19-20,24,27,33H,4-5,13-16,26H2,1-3H3,(H2,35,36,37)(H2,28,29,30,31,34)/b12-11+/t19-,20?,24?/m0/s1. The van der Waals surface area contributed by atoms with Crippen molar-refractivity contribution in [2.75, 3.05) is 49.4 Å². The fourth-order valence-corrected chi connectivity index (χ4v) is 3.77. The Bertz CT molecular complexity index is 1140. The highest BCUT2D eigenvalue weighted by Gasteiger charge is 2.25. The van der Waals surface area contributed by atoms with E-state index in [2.05, 4.69) is 30.4 Å². The van der Waals surface area contributed by atoms with Crippen molar-refractivity contribution in [3.8, 4) is 0 Å². The Kier molecular flexibility index (Phi) is 14.6. The summed E-state index contributed by atoms with van der Waals surface area (Å²) in [4.78, 5) is 40.4. The summed E-state index contributed by atoms with van der Waals surface area (Å²) in [7, 11) is -1.60. The second-order valence-electron chi connectivity index (χ2n) is 8.77. The number of carbonyl (C=O) groups is 1. The third-order valence-electron chi connectivity index (χ3n) is 5.58. The Hall–Kier alpha value is -3.14. The van der Waals surface area contributed by atoms with E-state index in [9.17, 15) is 14.5 Å². The highest BCUT2D eigenvalue weighted by molar-refractivity contribution is 7.46. The zero-order valence-electron chi connectivity index (χ0n) is 23.3. The molecular weight excluding hydrogens is 557 g/mol. The first-order valence-corrected chi connectivity index (χ1v) is 14.5. The summed E-state index contributed by atoms with van der Waals surface area (Å²) in [5, 5.41) is 18.5. The predicted octanol–water partition coefficient (Wildman–Crippen LogP) is 2.05. The van der Waals surface area contributed by atoms with Gasteiger partial charge in [0.2, 0.25) is 0 Å². The Morgan fingerprint density at radius 3 is 2.63 bits per heavy atom. The molecule has 0 fully saturated rings. The van der Waals surface area contributed by atoms with E-state index in [-0.39, 0.29) is 24.7 Å². The van der Waals surface area contributed by atoms with Gasteiger partial charge in [0.15, 0.2) is 24.3 Å². The Labute approximate surface area is 239 Å². The lowest BCUT2D eigenvalue weighted by atomic mass is 10.2. The number of nitrogens with two attached hydrogens (primary N) is 1. The number of carbonyl (C=O) groups excluding carboxylic acids is 1. The van der Waals surface area contributed by atoms with E-state index in [0.717, 1.165) is 18.4 Å². The van der Waals surface area contributed by atoms with E-state index in [0.29, 0.717) is 12.2 Å². The number of ether oxygens (including phenoxy) is 2. The minimum atomic E-state index is -4.80. The number of aliphatic hydroxyl groups is 1. The molecule has 2 rings (SSSR count). The first-order chi connectivity index (χ1) is 19.5. The van der Waals surface area contributed by atoms with Crippen molar-refractivity contribution in [1.82, 2.24) is 15.3 Å². The first kappa shape index (κ1) is 34.1. The lowest BCUT2D eigenvalue weighted by molar-refractivity contribution is -0.0909. The molecule has 1 heterocycles. The van der Waals surface area contributed by atoms with Gasteiger partial charge in [-0.1, -0.05) is 49.8 Å². The van der Waals surface area contributed by atoms with Crippen LogP contribution in [0.4, 0.5) is 22.1 Å². The molecule has 3 atom stereocenters. The van der Waals surface area contributed by atoms with E-state index in [1.165, 1.54) is 17.3 Å². The van der Waals surface area contributed by atoms with Gasteiger partial charge in [-0.3, -0.25) is 15.6 Å². The first-order valence-electron chi connectivity index (χ1n) is 13.0. The number of unbranched alkanes of at least 4 members (excludes halogenated alkanes) is 1. The van der Waals surface area contributed by atoms with Crippen LogP contribution in [-0.4, -0.2) is 83.5 Å². The van der Waals surface area contributed by atoms with Gasteiger partial charge in [0.1, 0.15) is 12.0 Å². The maximum Gasteiger partial charge on any atom is 0.469 e. The summed E-state index contributed by atoms with van der Waals surface area (Å²) in [6.07, 6.45) is 2.90. The Morgan fingerprint density at radius 1 is 1.24 bits per heavy atom. The number of amides is 2. The third-order valence-corrected chi connectivity index (χ3v) is 6.07. The van der Waals surface area contributed by atoms with Gasteiger partial charge in [0.05, 0.1) is 19.3 Å². The number of aromatic nitrogens is 2. The largest absolute Gasteiger partial charge is 0.469 e. The normalized spacial score (nSPS) is 13.9. The molecule has 1 aromatic heterocycles. The van der Waals surface area contributed by atoms with Crippen molar-refractivity contribution in [3.05, 3.63) is 48.3 Å². The number of benzene rings is 1. The maximum atomic E-state index is 12.2. The number of urea groups is 1. The highest BCUT2D eigenvalue weighted by Crippen LogP contribution is 2.36. The van der Waals surface area contributed by atoms with Gasteiger partial charge >= 0.3 is 13.9 Å². The van der Waals surface area contributed by atoms with Crippen molar-refractivity contribution in [1.29, 1.82) is 0 Å². The molecule has 0 aliphatic carbocycles. The smallest absolute Gasteiger partial charge is 0.382 e. The molecule has 41 heavy (non-hydrogen) atoms. The number of nitrogens with one attached hydrogen (secondary N) is 3. The van der Waals surface area contributed by atoms with Crippen LogP contribution in [0.5, 0.6) is 0 Å². The molecule has 2 amide bonds. The van der Waals surface area contributed by atoms with E-state index < -0.39 is 39.2 Å². The van der Waals surface area contributed by atoms with Gasteiger partial charge in [-0.15, -0.1) is 0 Å². The zero-order chi connectivity index (χ0) is 30.3. The molecule has 1 aromatic carbocycles. The molecule has 0 spiro atoms. The second-order valence-corrected chi connectivity index (χ2v) is 10.0. The second kappa shape index (κ2) is 17.6. The molecule has 228 valence electrons. The predicted molar refractivity (Wildman–Crippen MR) is 155 cm³/mol. The van der Waals surface area contributed by atoms with Gasteiger partial charge in [-0.05, 0) is 24.5 Å². The number of hydrogen-bond acceptors (Lipinski definition) is 11. The van der Waals surface area contributed by atoms with E-state index in [4.69, 9.17) is 25.0 Å². The summed E-state index contributed by atoms with van der Waals surface area (Å²) in [6.45, 7) is 1.98. The van der Waals surface area contributed by atoms with E-state index in [1.54, 1.807) is 20.2 Å². The molecule has 0 saturated carbocycles. The van der Waals surface area contributed by atoms with Crippen molar-refractivity contribution in [2.45, 2.75) is 44.9 Å². The summed E-state index contributed by atoms with van der Waals surface area (Å²) in [5.41, 5.74) is 7.49. The number of nitrogens with zero attached hydrogens (tertiary/aromatic N) is 3. The summed E-state index contributed by atoms with van der Waals surface area (Å²) in [6, 6.07) is 8.89. The minimum absolute atomic E-state index is 0.0393. The van der Waals surface area contributed by atoms with Crippen molar-refractivity contribution >= 4 is 37.3 Å². The molecule has 16 heteroatoms. The van der Waals surface area contributed by atoms with Crippen LogP contribution in [0, 0.1) is 0 Å². The number of aliphatic hydroxyl groups excluding tert-OH is 1. The van der Waals surface area contributed by atoms with Gasteiger partial charge in [0.25, 0.3) is 0 Å². The van der Waals surface area contributed by atoms with E-state index >= 15 is 0 Å². The average Bonchev–Trinajstić information content (AvgIpc) is 2.94. The van der Waals surface area contributed by atoms with E-state index in [1.807, 2.05) is 37.3 Å². The van der Waals surface area contributed by atoms with Gasteiger partial charge in [0, 0.05) is 20.6 Å². The number of hydrogen-bond donors (Lipinski definition) is 7. The fourth-order valence-electron chi connectivity index (χ4n) is 3.41. The molecular formula is C25H40N7O8P. The fraction of sp³-hybridized carbons (Fsp3) is 0.480. The Balaban J connectivity index is 2.05. The number of phosphoric ester groups is 1. The minimum Gasteiger partial charge on any atom is -0.382 e. The topological polar surface area (TPSA) is 214 Å². The summed E-state index contributed by atoms with van der Waals surface area (Å²) in [5.74, 6) is 0.490. The average molecular weight is 598 g/mol. The summed E-state index contributed by atoms with van der Waals surface area (Å²) < 4.78 is 27.1. The zero-order valence-corrected chi connectivity index (χ0v) is 24.2. The third kappa shape index (κ3) is 12.9. The number of rotatable bonds is 18. The van der Waals surface area contributed by atoms with Gasteiger partial charge < -0.3 is 39.9 Å². The quantitative estimate of drug-likeness (QED) is 0.0745. The van der Waals surface area contributed by atoms with Crippen molar-refractivity contribution in [3.63, 3.8) is 0 Å². The van der Waals surface area contributed by atoms with Crippen LogP contribution in [0.2, 0.25) is 0 Å². The number of phosphoric acid groups is 1.